The molecule has 1 heterocycles. The van der Waals surface area contributed by atoms with E-state index >= 15 is 0 Å². The highest BCUT2D eigenvalue weighted by molar-refractivity contribution is 5.94. The van der Waals surface area contributed by atoms with E-state index < -0.39 is 5.97 Å². The van der Waals surface area contributed by atoms with Crippen molar-refractivity contribution in [3.05, 3.63) is 35.9 Å². The van der Waals surface area contributed by atoms with Gasteiger partial charge in [0, 0.05) is 18.2 Å². The van der Waals surface area contributed by atoms with Crippen LogP contribution >= 0.6 is 0 Å². The van der Waals surface area contributed by atoms with E-state index in [0.717, 1.165) is 12.8 Å². The third kappa shape index (κ3) is 2.64. The predicted molar refractivity (Wildman–Crippen MR) is 62.8 cm³/mol. The first-order valence-electron chi connectivity index (χ1n) is 5.76. The molecule has 0 bridgehead atoms. The highest BCUT2D eigenvalue weighted by atomic mass is 16.4. The fraction of sp³-hybridized carbons (Fsp3) is 0.385. The molecule has 0 aliphatic carbocycles. The number of hydrogen-bond donors (Lipinski definition) is 1. The third-order valence-electron chi connectivity index (χ3n) is 3.07. The summed E-state index contributed by atoms with van der Waals surface area (Å²) < 4.78 is 0. The largest absolute Gasteiger partial charge is 0.481 e. The van der Waals surface area contributed by atoms with Crippen molar-refractivity contribution in [2.75, 3.05) is 6.54 Å². The quantitative estimate of drug-likeness (QED) is 0.865. The Kier molecular flexibility index (Phi) is 3.42. The summed E-state index contributed by atoms with van der Waals surface area (Å²) in [6.45, 7) is 0.658. The Bertz CT molecular complexity index is 416. The van der Waals surface area contributed by atoms with Crippen LogP contribution in [0.2, 0.25) is 0 Å². The van der Waals surface area contributed by atoms with Gasteiger partial charge in [0.2, 0.25) is 0 Å². The zero-order chi connectivity index (χ0) is 12.3. The number of rotatable bonds is 3. The zero-order valence-corrected chi connectivity index (χ0v) is 9.50. The Balaban J connectivity index is 2.11. The number of benzene rings is 1. The molecule has 1 aromatic carbocycles. The van der Waals surface area contributed by atoms with Crippen LogP contribution in [0.1, 0.15) is 29.6 Å². The topological polar surface area (TPSA) is 57.6 Å². The number of hydrogen-bond acceptors (Lipinski definition) is 2. The number of aliphatic carboxylic acids is 1. The van der Waals surface area contributed by atoms with Crippen LogP contribution in [0.25, 0.3) is 0 Å². The second-order valence-corrected chi connectivity index (χ2v) is 4.26. The van der Waals surface area contributed by atoms with Gasteiger partial charge in [-0.05, 0) is 25.0 Å². The van der Waals surface area contributed by atoms with Gasteiger partial charge < -0.3 is 10.0 Å². The lowest BCUT2D eigenvalue weighted by Gasteiger charge is -2.23. The van der Waals surface area contributed by atoms with Crippen molar-refractivity contribution < 1.29 is 14.7 Å². The Labute approximate surface area is 99.9 Å². The van der Waals surface area contributed by atoms with Gasteiger partial charge >= 0.3 is 5.97 Å². The maximum Gasteiger partial charge on any atom is 0.305 e. The lowest BCUT2D eigenvalue weighted by molar-refractivity contribution is -0.137. The van der Waals surface area contributed by atoms with Crippen LogP contribution in [0.3, 0.4) is 0 Å². The first-order valence-corrected chi connectivity index (χ1v) is 5.76. The lowest BCUT2D eigenvalue weighted by atomic mass is 10.1. The Morgan fingerprint density at radius 1 is 1.29 bits per heavy atom. The Hall–Kier alpha value is -1.84. The molecule has 1 atom stereocenters. The van der Waals surface area contributed by atoms with Crippen LogP contribution in [0.4, 0.5) is 0 Å². The van der Waals surface area contributed by atoms with Crippen LogP contribution in [-0.2, 0) is 4.79 Å². The number of amides is 1. The van der Waals surface area contributed by atoms with E-state index in [0.29, 0.717) is 12.1 Å². The second-order valence-electron chi connectivity index (χ2n) is 4.26. The average molecular weight is 233 g/mol. The fourth-order valence-corrected chi connectivity index (χ4v) is 2.26. The van der Waals surface area contributed by atoms with Crippen LogP contribution in [0.15, 0.2) is 30.3 Å². The van der Waals surface area contributed by atoms with Gasteiger partial charge in [-0.15, -0.1) is 0 Å². The normalized spacial score (nSPS) is 19.3. The first-order chi connectivity index (χ1) is 8.18. The van der Waals surface area contributed by atoms with Gasteiger partial charge in [0.1, 0.15) is 0 Å². The summed E-state index contributed by atoms with van der Waals surface area (Å²) in [5, 5.41) is 8.81. The average Bonchev–Trinajstić information content (AvgIpc) is 2.76. The van der Waals surface area contributed by atoms with E-state index in [1.54, 1.807) is 17.0 Å². The van der Waals surface area contributed by atoms with Gasteiger partial charge in [0.05, 0.1) is 6.42 Å². The minimum Gasteiger partial charge on any atom is -0.481 e. The van der Waals surface area contributed by atoms with Gasteiger partial charge in [0.25, 0.3) is 5.91 Å². The van der Waals surface area contributed by atoms with Crippen molar-refractivity contribution in [1.29, 1.82) is 0 Å². The first kappa shape index (κ1) is 11.6. The predicted octanol–water partition coefficient (Wildman–Crippen LogP) is 1.77. The van der Waals surface area contributed by atoms with Crippen molar-refractivity contribution in [3.8, 4) is 0 Å². The van der Waals surface area contributed by atoms with Crippen LogP contribution in [0, 0.1) is 0 Å². The number of nitrogens with zero attached hydrogens (tertiary/aromatic N) is 1. The molecule has 4 heteroatoms. The highest BCUT2D eigenvalue weighted by Crippen LogP contribution is 2.22. The monoisotopic (exact) mass is 233 g/mol. The molecule has 0 spiro atoms. The minimum absolute atomic E-state index is 0.0403. The third-order valence-corrected chi connectivity index (χ3v) is 3.07. The number of carbonyl (C=O) groups is 2. The molecule has 1 amide bonds. The van der Waals surface area contributed by atoms with Crippen molar-refractivity contribution >= 4 is 11.9 Å². The molecule has 4 nitrogen and oxygen atoms in total. The van der Waals surface area contributed by atoms with E-state index in [1.807, 2.05) is 18.2 Å². The second kappa shape index (κ2) is 4.99. The molecule has 1 N–H and O–H groups in total. The molecular weight excluding hydrogens is 218 g/mol. The zero-order valence-electron chi connectivity index (χ0n) is 9.50. The number of likely N-dealkylation sites (tertiary alicyclic amines) is 1. The van der Waals surface area contributed by atoms with Crippen molar-refractivity contribution in [2.45, 2.75) is 25.3 Å². The van der Waals surface area contributed by atoms with Crippen LogP contribution in [0.5, 0.6) is 0 Å². The Morgan fingerprint density at radius 3 is 2.65 bits per heavy atom. The molecule has 1 aliphatic rings. The summed E-state index contributed by atoms with van der Waals surface area (Å²) in [5.41, 5.74) is 0.629. The van der Waals surface area contributed by atoms with Crippen molar-refractivity contribution in [1.82, 2.24) is 4.90 Å². The molecule has 1 saturated heterocycles. The molecule has 1 aliphatic heterocycles. The van der Waals surface area contributed by atoms with E-state index in [1.165, 1.54) is 0 Å². The number of carboxylic acids is 1. The standard InChI is InChI=1S/C13H15NO3/c15-12(16)9-11-7-4-8-14(11)13(17)10-5-2-1-3-6-10/h1-3,5-6,11H,4,7-9H2,(H,15,16)/t11-/m1/s1. The minimum atomic E-state index is -0.845. The summed E-state index contributed by atoms with van der Waals surface area (Å²) in [4.78, 5) is 24.6. The van der Waals surface area contributed by atoms with E-state index in [2.05, 4.69) is 0 Å². The molecule has 1 aromatic rings. The summed E-state index contributed by atoms with van der Waals surface area (Å²) in [6, 6.07) is 8.86. The molecule has 0 unspecified atom stereocenters. The lowest BCUT2D eigenvalue weighted by Crippen LogP contribution is -2.36. The molecule has 2 rings (SSSR count). The SMILES string of the molecule is O=C(O)C[C@H]1CCCN1C(=O)c1ccccc1. The summed E-state index contributed by atoms with van der Waals surface area (Å²) >= 11 is 0. The van der Waals surface area contributed by atoms with Crippen molar-refractivity contribution in [3.63, 3.8) is 0 Å². The van der Waals surface area contributed by atoms with Gasteiger partial charge in [-0.25, -0.2) is 0 Å². The van der Waals surface area contributed by atoms with Gasteiger partial charge in [-0.3, -0.25) is 9.59 Å². The molecule has 90 valence electrons. The summed E-state index contributed by atoms with van der Waals surface area (Å²) in [7, 11) is 0. The maximum absolute atomic E-state index is 12.2. The molecule has 17 heavy (non-hydrogen) atoms. The number of carbonyl (C=O) groups excluding carboxylic acids is 1. The van der Waals surface area contributed by atoms with Gasteiger partial charge in [0.15, 0.2) is 0 Å². The molecular formula is C13H15NO3. The molecule has 0 saturated carbocycles. The summed E-state index contributed by atoms with van der Waals surface area (Å²) in [6.07, 6.45) is 1.71. The molecule has 0 radical (unpaired) electrons. The van der Waals surface area contributed by atoms with Gasteiger partial charge in [-0.2, -0.15) is 0 Å². The summed E-state index contributed by atoms with van der Waals surface area (Å²) in [5.74, 6) is -0.905. The van der Waals surface area contributed by atoms with Crippen LogP contribution < -0.4 is 0 Å². The van der Waals surface area contributed by atoms with Crippen molar-refractivity contribution in [2.24, 2.45) is 0 Å². The fourth-order valence-electron chi connectivity index (χ4n) is 2.26. The maximum atomic E-state index is 12.2. The van der Waals surface area contributed by atoms with Gasteiger partial charge in [-0.1, -0.05) is 18.2 Å². The number of carboxylic acid groups (broad SMARTS) is 1. The molecule has 1 fully saturated rings. The van der Waals surface area contributed by atoms with E-state index in [-0.39, 0.29) is 18.4 Å². The molecule has 0 aromatic heterocycles. The van der Waals surface area contributed by atoms with Crippen LogP contribution in [-0.4, -0.2) is 34.5 Å². The smallest absolute Gasteiger partial charge is 0.305 e. The highest BCUT2D eigenvalue weighted by Gasteiger charge is 2.30. The van der Waals surface area contributed by atoms with E-state index in [9.17, 15) is 9.59 Å². The Morgan fingerprint density at radius 2 is 2.00 bits per heavy atom. The van der Waals surface area contributed by atoms with E-state index in [4.69, 9.17) is 5.11 Å².